The number of rotatable bonds is 0. The number of hydrogen-bond acceptors (Lipinski definition) is 0. The summed E-state index contributed by atoms with van der Waals surface area (Å²) in [6.07, 6.45) is 0. The summed E-state index contributed by atoms with van der Waals surface area (Å²) in [6.45, 7) is 3.09. The quantitative estimate of drug-likeness (QED) is 0.564. The van der Waals surface area contributed by atoms with E-state index in [1.54, 1.807) is 0 Å². The van der Waals surface area contributed by atoms with Gasteiger partial charge in [-0.3, -0.25) is 0 Å². The van der Waals surface area contributed by atoms with Crippen LogP contribution in [0, 0.1) is 0 Å². The Labute approximate surface area is 90.0 Å². The molecule has 0 nitrogen and oxygen atoms in total. The third-order valence-electron chi connectivity index (χ3n) is 0.152. The van der Waals surface area contributed by atoms with Crippen molar-refractivity contribution in [2.75, 3.05) is 5.88 Å². The van der Waals surface area contributed by atoms with Gasteiger partial charge in [0.1, 0.15) is 0 Å². The SMILES string of the molecule is C=C(Cl)Cl.ClCC(Cl)(Cl)Cl. The van der Waals surface area contributed by atoms with E-state index in [-0.39, 0.29) is 10.4 Å². The predicted octanol–water partition coefficient (Wildman–Crippen LogP) is 4.53. The van der Waals surface area contributed by atoms with Crippen molar-refractivity contribution in [3.8, 4) is 0 Å². The zero-order valence-corrected chi connectivity index (χ0v) is 9.22. The smallest absolute Gasteiger partial charge is 0.122 e. The summed E-state index contributed by atoms with van der Waals surface area (Å²) in [5.41, 5.74) is 0. The Balaban J connectivity index is 0. The van der Waals surface area contributed by atoms with E-state index in [2.05, 4.69) is 6.58 Å². The van der Waals surface area contributed by atoms with E-state index in [4.69, 9.17) is 69.6 Å². The van der Waals surface area contributed by atoms with E-state index >= 15 is 0 Å². The van der Waals surface area contributed by atoms with Crippen LogP contribution in [0.4, 0.5) is 0 Å². The summed E-state index contributed by atoms with van der Waals surface area (Å²) in [7, 11) is 0. The van der Waals surface area contributed by atoms with Crippen LogP contribution in [-0.2, 0) is 0 Å². The first-order valence-electron chi connectivity index (χ1n) is 1.92. The second kappa shape index (κ2) is 7.15. The lowest BCUT2D eigenvalue weighted by atomic mass is 10.9. The van der Waals surface area contributed by atoms with Crippen LogP contribution in [-0.4, -0.2) is 9.67 Å². The number of alkyl halides is 4. The molecule has 0 atom stereocenters. The first-order valence-corrected chi connectivity index (χ1v) is 4.34. The van der Waals surface area contributed by atoms with Gasteiger partial charge in [0.05, 0.1) is 10.4 Å². The molecular formula is C4H4Cl6. The van der Waals surface area contributed by atoms with Crippen molar-refractivity contribution in [3.63, 3.8) is 0 Å². The molecule has 0 aromatic carbocycles. The Morgan fingerprint density at radius 3 is 1.30 bits per heavy atom. The average Bonchev–Trinajstić information content (AvgIpc) is 1.63. The zero-order valence-electron chi connectivity index (χ0n) is 4.68. The minimum Gasteiger partial charge on any atom is -0.122 e. The minimum absolute atomic E-state index is 0.0394. The van der Waals surface area contributed by atoms with Crippen LogP contribution in [0.3, 0.4) is 0 Å². The highest BCUT2D eigenvalue weighted by Crippen LogP contribution is 2.26. The molecule has 0 radical (unpaired) electrons. The molecule has 0 amide bonds. The van der Waals surface area contributed by atoms with Gasteiger partial charge in [0.25, 0.3) is 0 Å². The Morgan fingerprint density at radius 2 is 1.30 bits per heavy atom. The first-order chi connectivity index (χ1) is 4.29. The lowest BCUT2D eigenvalue weighted by molar-refractivity contribution is 1.28. The molecule has 0 aliphatic rings. The third kappa shape index (κ3) is 34.0. The maximum absolute atomic E-state index is 5.12. The van der Waals surface area contributed by atoms with E-state index in [1.165, 1.54) is 0 Å². The second-order valence-electron chi connectivity index (χ2n) is 1.09. The Kier molecular flexibility index (Phi) is 10.0. The van der Waals surface area contributed by atoms with Gasteiger partial charge in [0.2, 0.25) is 3.79 Å². The van der Waals surface area contributed by atoms with Gasteiger partial charge >= 0.3 is 0 Å². The van der Waals surface area contributed by atoms with E-state index in [9.17, 15) is 0 Å². The third-order valence-corrected chi connectivity index (χ3v) is 1.36. The van der Waals surface area contributed by atoms with Crippen LogP contribution in [0.5, 0.6) is 0 Å². The van der Waals surface area contributed by atoms with Crippen molar-refractivity contribution in [2.24, 2.45) is 0 Å². The zero-order chi connectivity index (χ0) is 8.78. The Bertz CT molecular complexity index is 88.4. The van der Waals surface area contributed by atoms with E-state index in [0.29, 0.717) is 0 Å². The highest BCUT2D eigenvalue weighted by atomic mass is 35.6. The lowest BCUT2D eigenvalue weighted by Crippen LogP contribution is -2.01. The normalized spacial score (nSPS) is 9.80. The Hall–Kier alpha value is 1.48. The van der Waals surface area contributed by atoms with Crippen LogP contribution in [0.1, 0.15) is 0 Å². The Morgan fingerprint density at radius 1 is 1.20 bits per heavy atom. The standard InChI is InChI=1S/C2H2Cl4.C2H2Cl2/c3-1-2(4,5)6;1-2(3)4/h1H2;1H2. The maximum Gasteiger partial charge on any atom is 0.203 e. The molecule has 0 aliphatic carbocycles. The molecule has 0 unspecified atom stereocenters. The summed E-state index contributed by atoms with van der Waals surface area (Å²) in [5, 5.41) is 0. The fraction of sp³-hybridized carbons (Fsp3) is 0.500. The van der Waals surface area contributed by atoms with Gasteiger partial charge in [0.15, 0.2) is 0 Å². The molecule has 0 saturated heterocycles. The molecule has 0 rings (SSSR count). The highest BCUT2D eigenvalue weighted by molar-refractivity contribution is 6.69. The van der Waals surface area contributed by atoms with Crippen molar-refractivity contribution in [2.45, 2.75) is 3.79 Å². The van der Waals surface area contributed by atoms with E-state index in [0.717, 1.165) is 0 Å². The van der Waals surface area contributed by atoms with Gasteiger partial charge in [-0.15, -0.1) is 11.6 Å². The molecule has 0 aromatic rings. The fourth-order valence-electron chi connectivity index (χ4n) is 0. The molecule has 0 bridgehead atoms. The fourth-order valence-corrected chi connectivity index (χ4v) is 0. The predicted molar refractivity (Wildman–Crippen MR) is 51.9 cm³/mol. The molecule has 6 heteroatoms. The van der Waals surface area contributed by atoms with Gasteiger partial charge in [-0.1, -0.05) is 64.6 Å². The average molecular weight is 265 g/mol. The van der Waals surface area contributed by atoms with Crippen molar-refractivity contribution < 1.29 is 0 Å². The maximum atomic E-state index is 5.12. The van der Waals surface area contributed by atoms with Crippen molar-refractivity contribution in [1.29, 1.82) is 0 Å². The van der Waals surface area contributed by atoms with E-state index in [1.807, 2.05) is 0 Å². The van der Waals surface area contributed by atoms with Crippen LogP contribution in [0.25, 0.3) is 0 Å². The summed E-state index contributed by atoms with van der Waals surface area (Å²) < 4.78 is -1.17. The van der Waals surface area contributed by atoms with E-state index < -0.39 is 3.79 Å². The van der Waals surface area contributed by atoms with Crippen molar-refractivity contribution in [1.82, 2.24) is 0 Å². The molecule has 62 valence electrons. The molecule has 0 heterocycles. The molecular weight excluding hydrogens is 261 g/mol. The van der Waals surface area contributed by atoms with Gasteiger partial charge in [-0.05, 0) is 0 Å². The van der Waals surface area contributed by atoms with Gasteiger partial charge in [0, 0.05) is 0 Å². The molecule has 0 N–H and O–H groups in total. The molecule has 0 aliphatic heterocycles. The highest BCUT2D eigenvalue weighted by Gasteiger charge is 2.16. The van der Waals surface area contributed by atoms with Crippen LogP contribution < -0.4 is 0 Å². The molecule has 0 fully saturated rings. The summed E-state index contributed by atoms with van der Waals surface area (Å²) in [5.74, 6) is 0.0394. The first kappa shape index (κ1) is 14.0. The molecule has 10 heavy (non-hydrogen) atoms. The summed E-state index contributed by atoms with van der Waals surface area (Å²) in [6, 6.07) is 0. The second-order valence-corrected chi connectivity index (χ2v) is 4.98. The lowest BCUT2D eigenvalue weighted by Gasteiger charge is -2.00. The van der Waals surface area contributed by atoms with Crippen LogP contribution >= 0.6 is 69.6 Å². The molecule has 0 aromatic heterocycles. The largest absolute Gasteiger partial charge is 0.203 e. The van der Waals surface area contributed by atoms with Gasteiger partial charge < -0.3 is 0 Å². The van der Waals surface area contributed by atoms with Crippen molar-refractivity contribution >= 4 is 69.6 Å². The number of hydrogen-bond donors (Lipinski definition) is 0. The monoisotopic (exact) mass is 262 g/mol. The van der Waals surface area contributed by atoms with Gasteiger partial charge in [-0.25, -0.2) is 0 Å². The van der Waals surface area contributed by atoms with Gasteiger partial charge in [-0.2, -0.15) is 0 Å². The minimum atomic E-state index is -1.28. The van der Waals surface area contributed by atoms with Crippen LogP contribution in [0.2, 0.25) is 0 Å². The summed E-state index contributed by atoms with van der Waals surface area (Å²) in [4.78, 5) is 0. The van der Waals surface area contributed by atoms with Crippen LogP contribution in [0.15, 0.2) is 11.1 Å². The number of halogens is 6. The topological polar surface area (TPSA) is 0 Å². The molecule has 0 saturated carbocycles. The van der Waals surface area contributed by atoms with Crippen molar-refractivity contribution in [3.05, 3.63) is 11.1 Å². The molecule has 0 spiro atoms. The summed E-state index contributed by atoms with van der Waals surface area (Å²) >= 11 is 30.1.